The van der Waals surface area contributed by atoms with E-state index in [1.165, 1.54) is 19.5 Å². The minimum atomic E-state index is 0.811. The van der Waals surface area contributed by atoms with Gasteiger partial charge in [-0.2, -0.15) is 0 Å². The fraction of sp³-hybridized carbons (Fsp3) is 0.667. The quantitative estimate of drug-likeness (QED) is 0.815. The lowest BCUT2D eigenvalue weighted by Gasteiger charge is -2.18. The van der Waals surface area contributed by atoms with Gasteiger partial charge in [0.2, 0.25) is 0 Å². The molecule has 0 aliphatic carbocycles. The molecular formula is C12H20N2O. The van der Waals surface area contributed by atoms with Crippen LogP contribution in [0.2, 0.25) is 0 Å². The van der Waals surface area contributed by atoms with Crippen molar-refractivity contribution in [3.63, 3.8) is 0 Å². The van der Waals surface area contributed by atoms with Gasteiger partial charge in [0.1, 0.15) is 11.5 Å². The van der Waals surface area contributed by atoms with Crippen molar-refractivity contribution in [2.75, 3.05) is 26.7 Å². The van der Waals surface area contributed by atoms with Crippen molar-refractivity contribution >= 4 is 0 Å². The number of hydrogen-bond acceptors (Lipinski definition) is 3. The summed E-state index contributed by atoms with van der Waals surface area (Å²) in [5, 5.41) is 3.40. The first-order chi connectivity index (χ1) is 7.24. The summed E-state index contributed by atoms with van der Waals surface area (Å²) in [4.78, 5) is 2.34. The van der Waals surface area contributed by atoms with Crippen molar-refractivity contribution in [3.8, 4) is 0 Å². The number of hydrogen-bond donors (Lipinski definition) is 1. The molecule has 84 valence electrons. The maximum absolute atomic E-state index is 5.56. The van der Waals surface area contributed by atoms with E-state index in [4.69, 9.17) is 4.42 Å². The molecule has 1 atom stereocenters. The van der Waals surface area contributed by atoms with Crippen LogP contribution in [0.4, 0.5) is 0 Å². The van der Waals surface area contributed by atoms with Gasteiger partial charge in [-0.25, -0.2) is 0 Å². The molecule has 0 radical (unpaired) electrons. The van der Waals surface area contributed by atoms with Gasteiger partial charge in [0, 0.05) is 6.54 Å². The first kappa shape index (κ1) is 10.7. The molecule has 1 aliphatic rings. The molecule has 15 heavy (non-hydrogen) atoms. The number of rotatable bonds is 4. The van der Waals surface area contributed by atoms with Crippen molar-refractivity contribution < 1.29 is 4.42 Å². The van der Waals surface area contributed by atoms with Gasteiger partial charge in [0.05, 0.1) is 6.54 Å². The third-order valence-corrected chi connectivity index (χ3v) is 2.95. The molecule has 1 saturated heterocycles. The average molecular weight is 208 g/mol. The fourth-order valence-electron chi connectivity index (χ4n) is 2.21. The van der Waals surface area contributed by atoms with Gasteiger partial charge in [-0.05, 0) is 51.5 Å². The van der Waals surface area contributed by atoms with Crippen molar-refractivity contribution in [3.05, 3.63) is 23.7 Å². The summed E-state index contributed by atoms with van der Waals surface area (Å²) in [6.07, 6.45) is 1.31. The van der Waals surface area contributed by atoms with E-state index >= 15 is 0 Å². The molecule has 0 aromatic carbocycles. The second-order valence-corrected chi connectivity index (χ2v) is 4.57. The monoisotopic (exact) mass is 208 g/mol. The van der Waals surface area contributed by atoms with Gasteiger partial charge < -0.3 is 9.73 Å². The van der Waals surface area contributed by atoms with Crippen LogP contribution in [0, 0.1) is 12.8 Å². The summed E-state index contributed by atoms with van der Waals surface area (Å²) in [6, 6.07) is 4.10. The van der Waals surface area contributed by atoms with Gasteiger partial charge in [-0.15, -0.1) is 0 Å². The van der Waals surface area contributed by atoms with Crippen molar-refractivity contribution in [2.45, 2.75) is 19.9 Å². The summed E-state index contributed by atoms with van der Waals surface area (Å²) in [5.74, 6) is 2.88. The van der Waals surface area contributed by atoms with Crippen LogP contribution in [-0.2, 0) is 6.54 Å². The fourth-order valence-corrected chi connectivity index (χ4v) is 2.21. The Hall–Kier alpha value is -0.800. The van der Waals surface area contributed by atoms with E-state index in [1.807, 2.05) is 13.0 Å². The highest BCUT2D eigenvalue weighted by Gasteiger charge is 2.16. The maximum Gasteiger partial charge on any atom is 0.118 e. The van der Waals surface area contributed by atoms with E-state index < -0.39 is 0 Å². The van der Waals surface area contributed by atoms with E-state index in [0.29, 0.717) is 0 Å². The van der Waals surface area contributed by atoms with Crippen LogP contribution in [-0.4, -0.2) is 31.6 Å². The van der Waals surface area contributed by atoms with Crippen LogP contribution in [0.5, 0.6) is 0 Å². The topological polar surface area (TPSA) is 28.4 Å². The van der Waals surface area contributed by atoms with Crippen molar-refractivity contribution in [1.82, 2.24) is 10.2 Å². The highest BCUT2D eigenvalue weighted by atomic mass is 16.3. The highest BCUT2D eigenvalue weighted by Crippen LogP contribution is 2.12. The summed E-state index contributed by atoms with van der Waals surface area (Å²) < 4.78 is 5.56. The zero-order valence-corrected chi connectivity index (χ0v) is 9.62. The second-order valence-electron chi connectivity index (χ2n) is 4.57. The molecule has 1 unspecified atom stereocenters. The number of nitrogens with one attached hydrogen (secondary N) is 1. The minimum absolute atomic E-state index is 0.811. The molecule has 1 aromatic heterocycles. The molecule has 3 nitrogen and oxygen atoms in total. The summed E-state index contributed by atoms with van der Waals surface area (Å²) in [7, 11) is 2.16. The summed E-state index contributed by atoms with van der Waals surface area (Å²) in [6.45, 7) is 6.42. The Morgan fingerprint density at radius 2 is 2.40 bits per heavy atom. The van der Waals surface area contributed by atoms with Gasteiger partial charge in [0.15, 0.2) is 0 Å². The van der Waals surface area contributed by atoms with Gasteiger partial charge in [-0.1, -0.05) is 0 Å². The van der Waals surface area contributed by atoms with Crippen LogP contribution in [0.15, 0.2) is 16.5 Å². The zero-order valence-electron chi connectivity index (χ0n) is 9.62. The van der Waals surface area contributed by atoms with Crippen LogP contribution < -0.4 is 5.32 Å². The molecule has 0 saturated carbocycles. The Labute approximate surface area is 91.4 Å². The predicted molar refractivity (Wildman–Crippen MR) is 60.8 cm³/mol. The van der Waals surface area contributed by atoms with E-state index in [2.05, 4.69) is 23.3 Å². The molecule has 2 heterocycles. The van der Waals surface area contributed by atoms with Crippen LogP contribution in [0.25, 0.3) is 0 Å². The summed E-state index contributed by atoms with van der Waals surface area (Å²) in [5.41, 5.74) is 0. The smallest absolute Gasteiger partial charge is 0.118 e. The zero-order chi connectivity index (χ0) is 10.7. The lowest BCUT2D eigenvalue weighted by atomic mass is 10.1. The molecule has 1 fully saturated rings. The van der Waals surface area contributed by atoms with E-state index in [-0.39, 0.29) is 0 Å². The van der Waals surface area contributed by atoms with E-state index in [1.54, 1.807) is 0 Å². The molecule has 1 aromatic rings. The molecule has 3 heteroatoms. The van der Waals surface area contributed by atoms with Crippen molar-refractivity contribution in [2.24, 2.45) is 5.92 Å². The Morgan fingerprint density at radius 3 is 3.00 bits per heavy atom. The molecule has 1 N–H and O–H groups in total. The van der Waals surface area contributed by atoms with E-state index in [0.717, 1.165) is 30.5 Å². The molecule has 0 amide bonds. The molecule has 1 aliphatic heterocycles. The maximum atomic E-state index is 5.56. The summed E-state index contributed by atoms with van der Waals surface area (Å²) >= 11 is 0. The number of nitrogens with zero attached hydrogens (tertiary/aromatic N) is 1. The Morgan fingerprint density at radius 1 is 1.53 bits per heavy atom. The minimum Gasteiger partial charge on any atom is -0.465 e. The van der Waals surface area contributed by atoms with Crippen molar-refractivity contribution in [1.29, 1.82) is 0 Å². The predicted octanol–water partition coefficient (Wildman–Crippen LogP) is 1.63. The normalized spacial score (nSPS) is 21.4. The number of furan rings is 1. The SMILES string of the molecule is Cc1ccc(CN(C)CC2CCNC2)o1. The van der Waals surface area contributed by atoms with Crippen LogP contribution >= 0.6 is 0 Å². The third-order valence-electron chi connectivity index (χ3n) is 2.95. The highest BCUT2D eigenvalue weighted by molar-refractivity contribution is 5.05. The third kappa shape index (κ3) is 3.08. The first-order valence-corrected chi connectivity index (χ1v) is 5.68. The first-order valence-electron chi connectivity index (χ1n) is 5.68. The molecule has 0 spiro atoms. The lowest BCUT2D eigenvalue weighted by molar-refractivity contribution is 0.255. The lowest BCUT2D eigenvalue weighted by Crippen LogP contribution is -2.26. The Kier molecular flexibility index (Phi) is 3.44. The van der Waals surface area contributed by atoms with Crippen LogP contribution in [0.1, 0.15) is 17.9 Å². The molecule has 0 bridgehead atoms. The van der Waals surface area contributed by atoms with Gasteiger partial charge in [-0.3, -0.25) is 4.90 Å². The second kappa shape index (κ2) is 4.81. The molecule has 2 rings (SSSR count). The van der Waals surface area contributed by atoms with Crippen LogP contribution in [0.3, 0.4) is 0 Å². The van der Waals surface area contributed by atoms with E-state index in [9.17, 15) is 0 Å². The average Bonchev–Trinajstić information content (AvgIpc) is 2.77. The molecular weight excluding hydrogens is 188 g/mol. The van der Waals surface area contributed by atoms with Gasteiger partial charge in [0.25, 0.3) is 0 Å². The van der Waals surface area contributed by atoms with Gasteiger partial charge >= 0.3 is 0 Å². The largest absolute Gasteiger partial charge is 0.465 e. The Balaban J connectivity index is 1.78. The Bertz CT molecular complexity index is 302. The number of aryl methyl sites for hydroxylation is 1. The standard InChI is InChI=1S/C12H20N2O/c1-10-3-4-12(15-10)9-14(2)8-11-5-6-13-7-11/h3-4,11,13H,5-9H2,1-2H3.